The largest absolute Gasteiger partial charge is 0.493 e. The van der Waals surface area contributed by atoms with E-state index in [0.717, 1.165) is 41.5 Å². The lowest BCUT2D eigenvalue weighted by Gasteiger charge is -2.26. The van der Waals surface area contributed by atoms with Gasteiger partial charge in [-0.25, -0.2) is 0 Å². The average Bonchev–Trinajstić information content (AvgIpc) is 2.75. The monoisotopic (exact) mass is 410 g/mol. The van der Waals surface area contributed by atoms with Gasteiger partial charge in [0, 0.05) is 47.5 Å². The second-order valence-corrected chi connectivity index (χ2v) is 7.95. The number of amides is 2. The summed E-state index contributed by atoms with van der Waals surface area (Å²) in [5.41, 5.74) is 3.07. The minimum absolute atomic E-state index is 0.0544. The van der Waals surface area contributed by atoms with Gasteiger partial charge in [-0.15, -0.1) is 0 Å². The third-order valence-electron chi connectivity index (χ3n) is 4.66. The quantitative estimate of drug-likeness (QED) is 0.724. The van der Waals surface area contributed by atoms with E-state index in [1.807, 2.05) is 60.8 Å². The molecule has 0 unspecified atom stereocenters. The van der Waals surface area contributed by atoms with E-state index in [-0.39, 0.29) is 11.8 Å². The van der Waals surface area contributed by atoms with Gasteiger partial charge in [0.2, 0.25) is 5.91 Å². The molecule has 29 heavy (non-hydrogen) atoms. The summed E-state index contributed by atoms with van der Waals surface area (Å²) in [7, 11) is 0. The molecule has 0 bridgehead atoms. The predicted octanol–water partition coefficient (Wildman–Crippen LogP) is 4.23. The van der Waals surface area contributed by atoms with Crippen molar-refractivity contribution in [1.29, 1.82) is 0 Å². The molecule has 1 aliphatic rings. The van der Waals surface area contributed by atoms with E-state index in [1.54, 1.807) is 18.2 Å². The molecule has 2 amide bonds. The van der Waals surface area contributed by atoms with Crippen LogP contribution < -0.4 is 10.1 Å². The maximum Gasteiger partial charge on any atom is 0.253 e. The fourth-order valence-electron chi connectivity index (χ4n) is 3.13. The van der Waals surface area contributed by atoms with Crippen molar-refractivity contribution in [2.24, 2.45) is 0 Å². The van der Waals surface area contributed by atoms with Crippen molar-refractivity contribution in [3.63, 3.8) is 0 Å². The first-order valence-electron chi connectivity index (χ1n) is 9.77. The van der Waals surface area contributed by atoms with Crippen molar-refractivity contribution in [2.75, 3.05) is 36.5 Å². The molecule has 0 aromatic heterocycles. The van der Waals surface area contributed by atoms with Crippen molar-refractivity contribution in [3.8, 4) is 5.75 Å². The van der Waals surface area contributed by atoms with Gasteiger partial charge in [-0.05, 0) is 49.8 Å². The number of aryl methyl sites for hydroxylation is 1. The van der Waals surface area contributed by atoms with Crippen molar-refractivity contribution >= 4 is 35.3 Å². The number of anilines is 1. The fraction of sp³-hybridized carbons (Fsp3) is 0.304. The highest BCUT2D eigenvalue weighted by atomic mass is 32.2. The van der Waals surface area contributed by atoms with Crippen LogP contribution in [0.5, 0.6) is 5.75 Å². The molecule has 1 aliphatic heterocycles. The van der Waals surface area contributed by atoms with E-state index in [9.17, 15) is 9.59 Å². The normalized spacial score (nSPS) is 14.1. The van der Waals surface area contributed by atoms with E-state index in [1.165, 1.54) is 6.08 Å². The van der Waals surface area contributed by atoms with Gasteiger partial charge in [-0.2, -0.15) is 11.8 Å². The highest BCUT2D eigenvalue weighted by Crippen LogP contribution is 2.21. The number of thioether (sulfide) groups is 1. The van der Waals surface area contributed by atoms with E-state index in [4.69, 9.17) is 4.74 Å². The van der Waals surface area contributed by atoms with E-state index >= 15 is 0 Å². The molecule has 1 fully saturated rings. The zero-order valence-electron chi connectivity index (χ0n) is 16.8. The Morgan fingerprint density at radius 3 is 2.66 bits per heavy atom. The van der Waals surface area contributed by atoms with Gasteiger partial charge in [0.15, 0.2) is 0 Å². The van der Waals surface area contributed by atoms with E-state index in [2.05, 4.69) is 5.32 Å². The summed E-state index contributed by atoms with van der Waals surface area (Å²) in [5, 5.41) is 2.88. The third kappa shape index (κ3) is 5.64. The summed E-state index contributed by atoms with van der Waals surface area (Å²) in [5.74, 6) is 2.54. The first-order valence-corrected chi connectivity index (χ1v) is 10.9. The summed E-state index contributed by atoms with van der Waals surface area (Å²) in [4.78, 5) is 26.9. The first-order chi connectivity index (χ1) is 14.1. The molecule has 0 atom stereocenters. The molecule has 0 aliphatic carbocycles. The van der Waals surface area contributed by atoms with Gasteiger partial charge in [-0.3, -0.25) is 9.59 Å². The summed E-state index contributed by atoms with van der Waals surface area (Å²) in [6, 6.07) is 13.0. The Morgan fingerprint density at radius 2 is 1.93 bits per heavy atom. The molecule has 3 rings (SSSR count). The van der Waals surface area contributed by atoms with Gasteiger partial charge < -0.3 is 15.0 Å². The number of nitrogens with one attached hydrogen (secondary N) is 1. The first kappa shape index (κ1) is 21.0. The van der Waals surface area contributed by atoms with Crippen molar-refractivity contribution < 1.29 is 14.3 Å². The minimum Gasteiger partial charge on any atom is -0.493 e. The lowest BCUT2D eigenvalue weighted by Crippen LogP contribution is -2.37. The molecule has 6 heteroatoms. The molecule has 5 nitrogen and oxygen atoms in total. The molecule has 1 N–H and O–H groups in total. The topological polar surface area (TPSA) is 58.6 Å². The summed E-state index contributed by atoms with van der Waals surface area (Å²) < 4.78 is 5.57. The number of para-hydroxylation sites is 1. The number of rotatable bonds is 6. The minimum atomic E-state index is -0.230. The molecule has 0 spiro atoms. The van der Waals surface area contributed by atoms with Crippen molar-refractivity contribution in [2.45, 2.75) is 13.8 Å². The zero-order valence-corrected chi connectivity index (χ0v) is 17.6. The Bertz CT molecular complexity index is 905. The van der Waals surface area contributed by atoms with Crippen LogP contribution in [0.1, 0.15) is 28.4 Å². The van der Waals surface area contributed by atoms with Crippen LogP contribution in [0.25, 0.3) is 6.08 Å². The maximum atomic E-state index is 12.6. The van der Waals surface area contributed by atoms with Crippen LogP contribution in [-0.4, -0.2) is 47.9 Å². The smallest absolute Gasteiger partial charge is 0.253 e. The van der Waals surface area contributed by atoms with Crippen molar-refractivity contribution in [1.82, 2.24) is 4.90 Å². The SMILES string of the molecule is CCOc1ccccc1/C=C/C(=O)Nc1ccc(C(=O)N2CCSCC2)cc1C. The second kappa shape index (κ2) is 10.2. The molecular weight excluding hydrogens is 384 g/mol. The van der Waals surface area contributed by atoms with Crippen LogP contribution in [0.4, 0.5) is 5.69 Å². The number of benzene rings is 2. The molecule has 0 radical (unpaired) electrons. The van der Waals surface area contributed by atoms with Gasteiger partial charge in [0.1, 0.15) is 5.75 Å². The lowest BCUT2D eigenvalue weighted by molar-refractivity contribution is -0.111. The Labute approximate surface area is 176 Å². The van der Waals surface area contributed by atoms with Crippen LogP contribution in [0, 0.1) is 6.92 Å². The number of hydrogen-bond acceptors (Lipinski definition) is 4. The third-order valence-corrected chi connectivity index (χ3v) is 5.61. The van der Waals surface area contributed by atoms with Gasteiger partial charge in [0.05, 0.1) is 6.61 Å². The summed E-state index contributed by atoms with van der Waals surface area (Å²) >= 11 is 1.87. The molecule has 2 aromatic carbocycles. The average molecular weight is 411 g/mol. The molecular formula is C23H26N2O3S. The van der Waals surface area contributed by atoms with E-state index in [0.29, 0.717) is 17.9 Å². The Morgan fingerprint density at radius 1 is 1.17 bits per heavy atom. The fourth-order valence-corrected chi connectivity index (χ4v) is 4.03. The van der Waals surface area contributed by atoms with Gasteiger partial charge in [0.25, 0.3) is 5.91 Å². The van der Waals surface area contributed by atoms with Gasteiger partial charge in [-0.1, -0.05) is 18.2 Å². The van der Waals surface area contributed by atoms with Crippen LogP contribution in [0.2, 0.25) is 0 Å². The molecule has 1 saturated heterocycles. The number of hydrogen-bond donors (Lipinski definition) is 1. The lowest BCUT2D eigenvalue weighted by atomic mass is 10.1. The summed E-state index contributed by atoms with van der Waals surface area (Å²) in [6.07, 6.45) is 3.23. The predicted molar refractivity (Wildman–Crippen MR) is 120 cm³/mol. The van der Waals surface area contributed by atoms with Crippen molar-refractivity contribution in [3.05, 3.63) is 65.2 Å². The van der Waals surface area contributed by atoms with Gasteiger partial charge >= 0.3 is 0 Å². The molecule has 1 heterocycles. The van der Waals surface area contributed by atoms with E-state index < -0.39 is 0 Å². The zero-order chi connectivity index (χ0) is 20.6. The Kier molecular flexibility index (Phi) is 7.36. The van der Waals surface area contributed by atoms with Crippen LogP contribution in [0.15, 0.2) is 48.5 Å². The highest BCUT2D eigenvalue weighted by Gasteiger charge is 2.19. The van der Waals surface area contributed by atoms with Crippen LogP contribution in [0.3, 0.4) is 0 Å². The maximum absolute atomic E-state index is 12.6. The Balaban J connectivity index is 1.65. The number of carbonyl (C=O) groups is 2. The standard InChI is InChI=1S/C23H26N2O3S/c1-3-28-21-7-5-4-6-18(21)9-11-22(26)24-20-10-8-19(16-17(20)2)23(27)25-12-14-29-15-13-25/h4-11,16H,3,12-15H2,1-2H3,(H,24,26)/b11-9+. The Hall–Kier alpha value is -2.73. The number of carbonyl (C=O) groups excluding carboxylic acids is 2. The number of ether oxygens (including phenoxy) is 1. The molecule has 0 saturated carbocycles. The molecule has 2 aromatic rings. The highest BCUT2D eigenvalue weighted by molar-refractivity contribution is 7.99. The number of nitrogens with zero attached hydrogens (tertiary/aromatic N) is 1. The van der Waals surface area contributed by atoms with Crippen LogP contribution in [-0.2, 0) is 4.79 Å². The van der Waals surface area contributed by atoms with Crippen LogP contribution >= 0.6 is 11.8 Å². The second-order valence-electron chi connectivity index (χ2n) is 6.73. The molecule has 152 valence electrons. The summed E-state index contributed by atoms with van der Waals surface area (Å²) in [6.45, 7) is 5.96.